The van der Waals surface area contributed by atoms with Gasteiger partial charge in [0.05, 0.1) is 11.7 Å². The van der Waals surface area contributed by atoms with Crippen LogP contribution in [0.25, 0.3) is 0 Å². The van der Waals surface area contributed by atoms with Crippen molar-refractivity contribution >= 4 is 23.4 Å². The molecule has 1 spiro atoms. The van der Waals surface area contributed by atoms with Crippen LogP contribution in [0, 0.1) is 0 Å². The predicted molar refractivity (Wildman–Crippen MR) is 136 cm³/mol. The standard InChI is InChI=1S/C28H29ClN4O2/c29-23-11-9-22(10-12-23)26(34)32-18-14-28(15-19-32)31-25(20-21-6-2-1-3-7-21)27(35)33(28)17-13-24-8-4-5-16-30-24/h1-12,16,25,31H,13-15,17-20H2/t25-/m0/s1. The van der Waals surface area contributed by atoms with Crippen LogP contribution in [0.1, 0.15) is 34.5 Å². The number of likely N-dealkylation sites (tertiary alicyclic amines) is 1. The minimum absolute atomic E-state index is 0.00158. The first-order valence-corrected chi connectivity index (χ1v) is 12.5. The van der Waals surface area contributed by atoms with Crippen molar-refractivity contribution in [3.63, 3.8) is 0 Å². The van der Waals surface area contributed by atoms with Gasteiger partial charge in [0, 0.05) is 61.4 Å². The number of nitrogens with one attached hydrogen (secondary N) is 1. The van der Waals surface area contributed by atoms with Crippen molar-refractivity contribution in [2.75, 3.05) is 19.6 Å². The highest BCUT2D eigenvalue weighted by Crippen LogP contribution is 2.34. The first-order valence-electron chi connectivity index (χ1n) is 12.1. The molecule has 180 valence electrons. The number of hydrogen-bond acceptors (Lipinski definition) is 4. The molecule has 2 amide bonds. The minimum Gasteiger partial charge on any atom is -0.338 e. The van der Waals surface area contributed by atoms with Crippen molar-refractivity contribution < 1.29 is 9.59 Å². The summed E-state index contributed by atoms with van der Waals surface area (Å²) in [7, 11) is 0. The Morgan fingerprint density at radius 3 is 2.40 bits per heavy atom. The molecule has 0 saturated carbocycles. The van der Waals surface area contributed by atoms with E-state index in [0.717, 1.165) is 11.3 Å². The molecule has 7 heteroatoms. The molecule has 1 atom stereocenters. The lowest BCUT2D eigenvalue weighted by molar-refractivity contribution is -0.133. The van der Waals surface area contributed by atoms with Crippen LogP contribution in [-0.2, 0) is 17.6 Å². The summed E-state index contributed by atoms with van der Waals surface area (Å²) in [6.45, 7) is 1.76. The van der Waals surface area contributed by atoms with Crippen LogP contribution in [0.15, 0.2) is 79.0 Å². The van der Waals surface area contributed by atoms with E-state index in [4.69, 9.17) is 11.6 Å². The van der Waals surface area contributed by atoms with Crippen LogP contribution >= 0.6 is 11.6 Å². The molecular weight excluding hydrogens is 460 g/mol. The number of carbonyl (C=O) groups is 2. The number of carbonyl (C=O) groups excluding carboxylic acids is 2. The maximum absolute atomic E-state index is 13.6. The van der Waals surface area contributed by atoms with Gasteiger partial charge in [0.1, 0.15) is 0 Å². The van der Waals surface area contributed by atoms with Gasteiger partial charge in [-0.25, -0.2) is 0 Å². The Balaban J connectivity index is 1.32. The van der Waals surface area contributed by atoms with E-state index in [1.165, 1.54) is 0 Å². The van der Waals surface area contributed by atoms with Gasteiger partial charge in [-0.2, -0.15) is 0 Å². The summed E-state index contributed by atoms with van der Waals surface area (Å²) in [5.41, 5.74) is 2.28. The van der Waals surface area contributed by atoms with Crippen molar-refractivity contribution in [1.82, 2.24) is 20.1 Å². The molecule has 0 unspecified atom stereocenters. The summed E-state index contributed by atoms with van der Waals surface area (Å²) < 4.78 is 0. The molecule has 1 aromatic heterocycles. The molecule has 35 heavy (non-hydrogen) atoms. The van der Waals surface area contributed by atoms with Gasteiger partial charge in [-0.3, -0.25) is 19.9 Å². The van der Waals surface area contributed by atoms with Gasteiger partial charge in [-0.05, 0) is 48.4 Å². The number of hydrogen-bond donors (Lipinski definition) is 1. The molecule has 3 heterocycles. The average molecular weight is 489 g/mol. The first-order chi connectivity index (χ1) is 17.0. The Hall–Kier alpha value is -3.22. The fourth-order valence-corrected chi connectivity index (χ4v) is 5.34. The van der Waals surface area contributed by atoms with Crippen LogP contribution in [0.4, 0.5) is 0 Å². The van der Waals surface area contributed by atoms with E-state index in [9.17, 15) is 9.59 Å². The van der Waals surface area contributed by atoms with E-state index < -0.39 is 5.66 Å². The second-order valence-electron chi connectivity index (χ2n) is 9.28. The molecule has 2 aliphatic rings. The molecule has 6 nitrogen and oxygen atoms in total. The Labute approximate surface area is 210 Å². The Morgan fingerprint density at radius 2 is 1.71 bits per heavy atom. The van der Waals surface area contributed by atoms with Gasteiger partial charge in [0.15, 0.2) is 0 Å². The number of aromatic nitrogens is 1. The highest BCUT2D eigenvalue weighted by atomic mass is 35.5. The molecule has 3 aromatic rings. The Bertz CT molecular complexity index is 1160. The van der Waals surface area contributed by atoms with Gasteiger partial charge in [-0.1, -0.05) is 48.0 Å². The van der Waals surface area contributed by atoms with E-state index in [-0.39, 0.29) is 17.9 Å². The third kappa shape index (κ3) is 5.09. The highest BCUT2D eigenvalue weighted by molar-refractivity contribution is 6.30. The van der Waals surface area contributed by atoms with Crippen LogP contribution in [0.5, 0.6) is 0 Å². The third-order valence-electron chi connectivity index (χ3n) is 7.09. The smallest absolute Gasteiger partial charge is 0.253 e. The summed E-state index contributed by atoms with van der Waals surface area (Å²) in [4.78, 5) is 35.0. The fourth-order valence-electron chi connectivity index (χ4n) is 5.22. The van der Waals surface area contributed by atoms with Crippen molar-refractivity contribution in [1.29, 1.82) is 0 Å². The van der Waals surface area contributed by atoms with Crippen molar-refractivity contribution in [3.05, 3.63) is 101 Å². The number of amides is 2. The third-order valence-corrected chi connectivity index (χ3v) is 7.35. The summed E-state index contributed by atoms with van der Waals surface area (Å²) in [5, 5.41) is 4.31. The maximum atomic E-state index is 13.6. The fraction of sp³-hybridized carbons (Fsp3) is 0.321. The number of halogens is 1. The maximum Gasteiger partial charge on any atom is 0.253 e. The lowest BCUT2D eigenvalue weighted by Crippen LogP contribution is -2.60. The second-order valence-corrected chi connectivity index (χ2v) is 9.71. The van der Waals surface area contributed by atoms with Crippen LogP contribution < -0.4 is 5.32 Å². The predicted octanol–water partition coefficient (Wildman–Crippen LogP) is 3.95. The highest BCUT2D eigenvalue weighted by Gasteiger charge is 2.51. The molecule has 2 saturated heterocycles. The van der Waals surface area contributed by atoms with Crippen molar-refractivity contribution in [2.45, 2.75) is 37.4 Å². The van der Waals surface area contributed by atoms with Crippen molar-refractivity contribution in [2.24, 2.45) is 0 Å². The monoisotopic (exact) mass is 488 g/mol. The molecular formula is C28H29ClN4O2. The van der Waals surface area contributed by atoms with Crippen LogP contribution in [0.2, 0.25) is 5.02 Å². The van der Waals surface area contributed by atoms with Gasteiger partial charge in [-0.15, -0.1) is 0 Å². The zero-order valence-corrected chi connectivity index (χ0v) is 20.3. The zero-order chi connectivity index (χ0) is 24.3. The normalized spacial score (nSPS) is 19.3. The second kappa shape index (κ2) is 10.2. The van der Waals surface area contributed by atoms with Gasteiger partial charge in [0.25, 0.3) is 5.91 Å². The van der Waals surface area contributed by atoms with Gasteiger partial charge >= 0.3 is 0 Å². The molecule has 2 fully saturated rings. The number of piperidine rings is 1. The van der Waals surface area contributed by atoms with Gasteiger partial charge in [0.2, 0.25) is 5.91 Å². The largest absolute Gasteiger partial charge is 0.338 e. The van der Waals surface area contributed by atoms with Gasteiger partial charge < -0.3 is 9.80 Å². The average Bonchev–Trinajstić information content (AvgIpc) is 3.14. The summed E-state index contributed by atoms with van der Waals surface area (Å²) in [5.74, 6) is 0.129. The van der Waals surface area contributed by atoms with Crippen LogP contribution in [0.3, 0.4) is 0 Å². The molecule has 2 aliphatic heterocycles. The molecule has 0 radical (unpaired) electrons. The summed E-state index contributed by atoms with van der Waals surface area (Å²) in [6.07, 6.45) is 4.50. The topological polar surface area (TPSA) is 65.5 Å². The number of benzene rings is 2. The zero-order valence-electron chi connectivity index (χ0n) is 19.6. The van der Waals surface area contributed by atoms with Crippen molar-refractivity contribution in [3.8, 4) is 0 Å². The van der Waals surface area contributed by atoms with E-state index in [1.54, 1.807) is 30.5 Å². The summed E-state index contributed by atoms with van der Waals surface area (Å²) >= 11 is 5.98. The van der Waals surface area contributed by atoms with E-state index in [2.05, 4.69) is 22.4 Å². The molecule has 2 aromatic carbocycles. The minimum atomic E-state index is -0.456. The Morgan fingerprint density at radius 1 is 1.00 bits per heavy atom. The number of nitrogens with zero attached hydrogens (tertiary/aromatic N) is 3. The first kappa shape index (κ1) is 23.5. The lowest BCUT2D eigenvalue weighted by Gasteiger charge is -2.44. The molecule has 0 aliphatic carbocycles. The molecule has 0 bridgehead atoms. The summed E-state index contributed by atoms with van der Waals surface area (Å²) in [6, 6.07) is 22.7. The number of rotatable bonds is 6. The SMILES string of the molecule is O=C(c1ccc(Cl)cc1)N1CCC2(CC1)N[C@@H](Cc1ccccc1)C(=O)N2CCc1ccccn1. The van der Waals surface area contributed by atoms with E-state index >= 15 is 0 Å². The molecule has 5 rings (SSSR count). The molecule has 1 N–H and O–H groups in total. The number of pyridine rings is 1. The van der Waals surface area contributed by atoms with E-state index in [0.29, 0.717) is 55.9 Å². The Kier molecular flexibility index (Phi) is 6.84. The van der Waals surface area contributed by atoms with E-state index in [1.807, 2.05) is 46.2 Å². The quantitative estimate of drug-likeness (QED) is 0.570. The lowest BCUT2D eigenvalue weighted by atomic mass is 9.95. The van der Waals surface area contributed by atoms with Crippen LogP contribution in [-0.4, -0.2) is 57.9 Å².